The van der Waals surface area contributed by atoms with Crippen molar-refractivity contribution in [2.75, 3.05) is 32.7 Å². The van der Waals surface area contributed by atoms with Gasteiger partial charge in [-0.2, -0.15) is 0 Å². The SMILES string of the molecule is O=C(CN1CCN(C(=O)c2ccc(Cl)cc2)CC1)c1ccccc1O. The number of para-hydroxylation sites is 1. The first-order valence-corrected chi connectivity index (χ1v) is 8.51. The fraction of sp³-hybridized carbons (Fsp3) is 0.263. The number of carbonyl (C=O) groups excluding carboxylic acids is 2. The number of Topliss-reactive ketones (excluding diaryl/α,β-unsaturated/α-hetero) is 1. The molecule has 1 heterocycles. The summed E-state index contributed by atoms with van der Waals surface area (Å²) in [6, 6.07) is 13.4. The predicted molar refractivity (Wildman–Crippen MR) is 96.2 cm³/mol. The second-order valence-electron chi connectivity index (χ2n) is 6.02. The number of aromatic hydroxyl groups is 1. The summed E-state index contributed by atoms with van der Waals surface area (Å²) in [5, 5.41) is 10.4. The smallest absolute Gasteiger partial charge is 0.253 e. The molecule has 0 aromatic heterocycles. The lowest BCUT2D eigenvalue weighted by molar-refractivity contribution is 0.0624. The van der Waals surface area contributed by atoms with E-state index in [0.717, 1.165) is 0 Å². The molecule has 1 aliphatic heterocycles. The fourth-order valence-electron chi connectivity index (χ4n) is 2.88. The lowest BCUT2D eigenvalue weighted by Gasteiger charge is -2.34. The van der Waals surface area contributed by atoms with Crippen LogP contribution in [0, 0.1) is 0 Å². The van der Waals surface area contributed by atoms with Gasteiger partial charge in [-0.1, -0.05) is 23.7 Å². The third-order valence-electron chi connectivity index (χ3n) is 4.32. The van der Waals surface area contributed by atoms with E-state index in [0.29, 0.717) is 42.3 Å². The topological polar surface area (TPSA) is 60.9 Å². The Morgan fingerprint density at radius 1 is 0.960 bits per heavy atom. The molecule has 0 spiro atoms. The first-order chi connectivity index (χ1) is 12.0. The fourth-order valence-corrected chi connectivity index (χ4v) is 3.01. The molecule has 0 aliphatic carbocycles. The molecule has 2 aromatic rings. The second-order valence-corrected chi connectivity index (χ2v) is 6.45. The summed E-state index contributed by atoms with van der Waals surface area (Å²) in [6.45, 7) is 2.61. The summed E-state index contributed by atoms with van der Waals surface area (Å²) >= 11 is 5.85. The highest BCUT2D eigenvalue weighted by atomic mass is 35.5. The Morgan fingerprint density at radius 3 is 2.24 bits per heavy atom. The van der Waals surface area contributed by atoms with Crippen molar-refractivity contribution < 1.29 is 14.7 Å². The van der Waals surface area contributed by atoms with Gasteiger partial charge in [-0.15, -0.1) is 0 Å². The Kier molecular flexibility index (Phi) is 5.36. The van der Waals surface area contributed by atoms with Gasteiger partial charge in [0.1, 0.15) is 5.75 Å². The lowest BCUT2D eigenvalue weighted by Crippen LogP contribution is -2.49. The molecule has 130 valence electrons. The van der Waals surface area contributed by atoms with Gasteiger partial charge in [-0.3, -0.25) is 14.5 Å². The minimum Gasteiger partial charge on any atom is -0.507 e. The predicted octanol–water partition coefficient (Wildman–Crippen LogP) is 2.69. The van der Waals surface area contributed by atoms with E-state index in [1.54, 1.807) is 47.4 Å². The van der Waals surface area contributed by atoms with Crippen LogP contribution in [0.4, 0.5) is 0 Å². The van der Waals surface area contributed by atoms with Crippen LogP contribution in [-0.2, 0) is 0 Å². The summed E-state index contributed by atoms with van der Waals surface area (Å²) in [6.07, 6.45) is 0. The molecule has 0 unspecified atom stereocenters. The van der Waals surface area contributed by atoms with Crippen LogP contribution in [0.1, 0.15) is 20.7 Å². The molecule has 1 saturated heterocycles. The number of carbonyl (C=O) groups is 2. The van der Waals surface area contributed by atoms with Crippen LogP contribution < -0.4 is 0 Å². The van der Waals surface area contributed by atoms with Crippen molar-refractivity contribution >= 4 is 23.3 Å². The zero-order valence-corrected chi connectivity index (χ0v) is 14.4. The quantitative estimate of drug-likeness (QED) is 0.854. The van der Waals surface area contributed by atoms with Crippen molar-refractivity contribution in [1.82, 2.24) is 9.80 Å². The van der Waals surface area contributed by atoms with Gasteiger partial charge >= 0.3 is 0 Å². The highest BCUT2D eigenvalue weighted by Crippen LogP contribution is 2.17. The van der Waals surface area contributed by atoms with Crippen LogP contribution >= 0.6 is 11.6 Å². The maximum absolute atomic E-state index is 12.5. The van der Waals surface area contributed by atoms with E-state index in [1.807, 2.05) is 4.90 Å². The molecule has 1 aliphatic rings. The van der Waals surface area contributed by atoms with Gasteiger partial charge in [0.2, 0.25) is 0 Å². The van der Waals surface area contributed by atoms with E-state index in [-0.39, 0.29) is 24.0 Å². The minimum atomic E-state index is -0.115. The Labute approximate surface area is 151 Å². The van der Waals surface area contributed by atoms with Gasteiger partial charge in [0.15, 0.2) is 5.78 Å². The summed E-state index contributed by atoms with van der Waals surface area (Å²) in [4.78, 5) is 28.6. The summed E-state index contributed by atoms with van der Waals surface area (Å²) in [5.74, 6) is -0.136. The molecule has 2 aromatic carbocycles. The molecule has 1 amide bonds. The summed E-state index contributed by atoms with van der Waals surface area (Å²) in [7, 11) is 0. The largest absolute Gasteiger partial charge is 0.507 e. The number of ketones is 1. The molecule has 1 N–H and O–H groups in total. The first-order valence-electron chi connectivity index (χ1n) is 8.13. The number of amides is 1. The number of halogens is 1. The molecular weight excluding hydrogens is 340 g/mol. The molecule has 5 nitrogen and oxygen atoms in total. The van der Waals surface area contributed by atoms with Gasteiger partial charge in [0, 0.05) is 36.8 Å². The van der Waals surface area contributed by atoms with Gasteiger partial charge in [-0.25, -0.2) is 0 Å². The average molecular weight is 359 g/mol. The van der Waals surface area contributed by atoms with Crippen molar-refractivity contribution in [3.05, 3.63) is 64.7 Å². The number of nitrogens with zero attached hydrogens (tertiary/aromatic N) is 2. The zero-order valence-electron chi connectivity index (χ0n) is 13.7. The van der Waals surface area contributed by atoms with E-state index in [4.69, 9.17) is 11.6 Å². The monoisotopic (exact) mass is 358 g/mol. The summed E-state index contributed by atoms with van der Waals surface area (Å²) in [5.41, 5.74) is 0.949. The van der Waals surface area contributed by atoms with Gasteiger partial charge in [0.05, 0.1) is 12.1 Å². The standard InChI is InChI=1S/C19H19ClN2O3/c20-15-7-5-14(6-8-15)19(25)22-11-9-21(10-12-22)13-18(24)16-3-1-2-4-17(16)23/h1-8,23H,9-13H2. The maximum Gasteiger partial charge on any atom is 0.253 e. The Balaban J connectivity index is 1.55. The number of phenols is 1. The molecule has 0 radical (unpaired) electrons. The van der Waals surface area contributed by atoms with E-state index >= 15 is 0 Å². The van der Waals surface area contributed by atoms with E-state index in [9.17, 15) is 14.7 Å². The third kappa shape index (κ3) is 4.18. The highest BCUT2D eigenvalue weighted by Gasteiger charge is 2.24. The van der Waals surface area contributed by atoms with Crippen LogP contribution in [-0.4, -0.2) is 59.3 Å². The van der Waals surface area contributed by atoms with Gasteiger partial charge < -0.3 is 10.0 Å². The summed E-state index contributed by atoms with van der Waals surface area (Å²) < 4.78 is 0. The normalized spacial score (nSPS) is 15.2. The number of piperazine rings is 1. The molecule has 1 fully saturated rings. The number of hydrogen-bond donors (Lipinski definition) is 1. The van der Waals surface area contributed by atoms with Crippen LogP contribution in [0.15, 0.2) is 48.5 Å². The molecular formula is C19H19ClN2O3. The Bertz CT molecular complexity index is 768. The minimum absolute atomic E-state index is 0.00375. The zero-order chi connectivity index (χ0) is 17.8. The van der Waals surface area contributed by atoms with Crippen molar-refractivity contribution in [3.8, 4) is 5.75 Å². The lowest BCUT2D eigenvalue weighted by atomic mass is 10.1. The van der Waals surface area contributed by atoms with Crippen molar-refractivity contribution in [3.63, 3.8) is 0 Å². The van der Waals surface area contributed by atoms with E-state index in [2.05, 4.69) is 0 Å². The van der Waals surface area contributed by atoms with Crippen molar-refractivity contribution in [2.45, 2.75) is 0 Å². The van der Waals surface area contributed by atoms with Crippen LogP contribution in [0.2, 0.25) is 5.02 Å². The number of phenolic OH excluding ortho intramolecular Hbond substituents is 1. The Morgan fingerprint density at radius 2 is 1.60 bits per heavy atom. The van der Waals surface area contributed by atoms with E-state index < -0.39 is 0 Å². The number of benzene rings is 2. The molecule has 0 atom stereocenters. The van der Waals surface area contributed by atoms with E-state index in [1.165, 1.54) is 6.07 Å². The number of hydrogen-bond acceptors (Lipinski definition) is 4. The molecule has 25 heavy (non-hydrogen) atoms. The van der Waals surface area contributed by atoms with Crippen LogP contribution in [0.5, 0.6) is 5.75 Å². The third-order valence-corrected chi connectivity index (χ3v) is 4.57. The second kappa shape index (κ2) is 7.68. The van der Waals surface area contributed by atoms with Gasteiger partial charge in [0.25, 0.3) is 5.91 Å². The maximum atomic E-state index is 12.5. The first kappa shape index (κ1) is 17.5. The van der Waals surface area contributed by atoms with Crippen LogP contribution in [0.25, 0.3) is 0 Å². The van der Waals surface area contributed by atoms with Crippen LogP contribution in [0.3, 0.4) is 0 Å². The average Bonchev–Trinajstić information content (AvgIpc) is 2.63. The highest BCUT2D eigenvalue weighted by molar-refractivity contribution is 6.30. The van der Waals surface area contributed by atoms with Crippen molar-refractivity contribution in [1.29, 1.82) is 0 Å². The number of rotatable bonds is 4. The molecule has 3 rings (SSSR count). The molecule has 6 heteroatoms. The van der Waals surface area contributed by atoms with Crippen molar-refractivity contribution in [2.24, 2.45) is 0 Å². The molecule has 0 saturated carbocycles. The Hall–Kier alpha value is -2.37. The molecule has 0 bridgehead atoms. The van der Waals surface area contributed by atoms with Gasteiger partial charge in [-0.05, 0) is 36.4 Å².